The smallest absolute Gasteiger partial charge is 0.400 e. The summed E-state index contributed by atoms with van der Waals surface area (Å²) in [5.41, 5.74) is -2.07. The van der Waals surface area contributed by atoms with Gasteiger partial charge in [-0.05, 0) is 56.9 Å². The first-order valence-corrected chi connectivity index (χ1v) is 8.39. The van der Waals surface area contributed by atoms with Gasteiger partial charge in [0.25, 0.3) is 0 Å². The number of benzene rings is 1. The Bertz CT molecular complexity index is 743. The Balaban J connectivity index is 2.43. The molecule has 0 saturated carbocycles. The Labute approximate surface area is 156 Å². The van der Waals surface area contributed by atoms with Crippen molar-refractivity contribution < 1.29 is 31.7 Å². The lowest BCUT2D eigenvalue weighted by molar-refractivity contribution is -0.137. The lowest BCUT2D eigenvalue weighted by Gasteiger charge is -2.32. The summed E-state index contributed by atoms with van der Waals surface area (Å²) in [6, 6.07) is 2.25. The summed E-state index contributed by atoms with van der Waals surface area (Å²) in [7, 11) is -0.889. The van der Waals surface area contributed by atoms with Crippen LogP contribution in [-0.4, -0.2) is 30.8 Å². The minimum atomic E-state index is -4.67. The lowest BCUT2D eigenvalue weighted by Crippen LogP contribution is -2.41. The van der Waals surface area contributed by atoms with E-state index in [0.29, 0.717) is 11.5 Å². The summed E-state index contributed by atoms with van der Waals surface area (Å²) in [6.45, 7) is 8.61. The molecule has 1 fully saturated rings. The molecule has 0 spiro atoms. The molecule has 0 aromatic heterocycles. The Morgan fingerprint density at radius 3 is 2.19 bits per heavy atom. The maximum absolute atomic E-state index is 13.7. The van der Waals surface area contributed by atoms with E-state index >= 15 is 0 Å². The summed E-state index contributed by atoms with van der Waals surface area (Å²) in [4.78, 5) is 11.3. The van der Waals surface area contributed by atoms with Crippen LogP contribution >= 0.6 is 0 Å². The number of hydrogen-bond acceptors (Lipinski definition) is 3. The molecule has 0 radical (unpaired) electrons. The lowest BCUT2D eigenvalue weighted by atomic mass is 9.77. The molecule has 0 bridgehead atoms. The van der Waals surface area contributed by atoms with Crippen molar-refractivity contribution in [3.05, 3.63) is 40.6 Å². The number of carbonyl (C=O) groups excluding carboxylic acids is 1. The highest BCUT2D eigenvalue weighted by atomic mass is 19.4. The van der Waals surface area contributed by atoms with Crippen molar-refractivity contribution in [2.24, 2.45) is 0 Å². The second-order valence-electron chi connectivity index (χ2n) is 7.49. The van der Waals surface area contributed by atoms with Crippen LogP contribution in [0, 0.1) is 5.82 Å². The van der Waals surface area contributed by atoms with Gasteiger partial charge in [-0.3, -0.25) is 4.79 Å². The largest absolute Gasteiger partial charge is 0.492 e. The summed E-state index contributed by atoms with van der Waals surface area (Å²) in [5, 5.41) is 2.57. The second-order valence-corrected chi connectivity index (χ2v) is 7.49. The van der Waals surface area contributed by atoms with Crippen LogP contribution in [0.5, 0.6) is 0 Å². The van der Waals surface area contributed by atoms with Gasteiger partial charge >= 0.3 is 13.3 Å². The minimum Gasteiger partial charge on any atom is -0.400 e. The molecule has 1 N–H and O–H groups in total. The van der Waals surface area contributed by atoms with Crippen LogP contribution in [0.15, 0.2) is 23.7 Å². The van der Waals surface area contributed by atoms with E-state index in [1.807, 2.05) is 27.7 Å². The van der Waals surface area contributed by atoms with E-state index in [2.05, 4.69) is 5.32 Å². The molecule has 1 aromatic rings. The van der Waals surface area contributed by atoms with Gasteiger partial charge in [0.05, 0.1) is 16.8 Å². The maximum atomic E-state index is 13.7. The van der Waals surface area contributed by atoms with Gasteiger partial charge in [-0.1, -0.05) is 6.08 Å². The molecule has 4 nitrogen and oxygen atoms in total. The van der Waals surface area contributed by atoms with Gasteiger partial charge in [0, 0.05) is 13.5 Å². The van der Waals surface area contributed by atoms with Crippen molar-refractivity contribution >= 4 is 19.1 Å². The van der Waals surface area contributed by atoms with Gasteiger partial charge in [-0.15, -0.1) is 0 Å². The first kappa shape index (κ1) is 21.4. The van der Waals surface area contributed by atoms with Crippen LogP contribution in [0.3, 0.4) is 0 Å². The minimum absolute atomic E-state index is 0.00242. The van der Waals surface area contributed by atoms with Crippen molar-refractivity contribution in [2.45, 2.75) is 52.0 Å². The van der Waals surface area contributed by atoms with Gasteiger partial charge in [0.1, 0.15) is 5.82 Å². The molecule has 1 heterocycles. The highest BCUT2D eigenvalue weighted by Crippen LogP contribution is 2.39. The maximum Gasteiger partial charge on any atom is 0.492 e. The predicted molar refractivity (Wildman–Crippen MR) is 94.1 cm³/mol. The number of amides is 1. The van der Waals surface area contributed by atoms with Crippen LogP contribution in [0.2, 0.25) is 0 Å². The third-order valence-corrected chi connectivity index (χ3v) is 4.70. The van der Waals surface area contributed by atoms with Crippen molar-refractivity contribution in [1.29, 1.82) is 0 Å². The number of carbonyl (C=O) groups is 1. The van der Waals surface area contributed by atoms with E-state index in [0.717, 1.165) is 12.1 Å². The van der Waals surface area contributed by atoms with Gasteiger partial charge in [0.2, 0.25) is 5.91 Å². The normalized spacial score (nSPS) is 19.3. The van der Waals surface area contributed by atoms with Crippen LogP contribution in [0.4, 0.5) is 17.6 Å². The molecule has 0 unspecified atom stereocenters. The predicted octanol–water partition coefficient (Wildman–Crippen LogP) is 4.00. The molecule has 1 aromatic carbocycles. The van der Waals surface area contributed by atoms with Crippen molar-refractivity contribution in [3.8, 4) is 0 Å². The van der Waals surface area contributed by atoms with Gasteiger partial charge < -0.3 is 14.6 Å². The molecule has 148 valence electrons. The summed E-state index contributed by atoms with van der Waals surface area (Å²) in [5.74, 6) is -1.34. The number of halogens is 4. The third-order valence-electron chi connectivity index (χ3n) is 4.70. The molecular weight excluding hydrogens is 365 g/mol. The van der Waals surface area contributed by atoms with E-state index in [9.17, 15) is 22.4 Å². The van der Waals surface area contributed by atoms with E-state index in [1.54, 1.807) is 0 Å². The summed E-state index contributed by atoms with van der Waals surface area (Å²) in [6.07, 6.45) is -3.33. The molecule has 27 heavy (non-hydrogen) atoms. The monoisotopic (exact) mass is 387 g/mol. The van der Waals surface area contributed by atoms with E-state index in [4.69, 9.17) is 9.31 Å². The third kappa shape index (κ3) is 5.10. The van der Waals surface area contributed by atoms with Crippen molar-refractivity contribution in [1.82, 2.24) is 5.32 Å². The number of nitrogens with one attached hydrogen (secondary N) is 1. The fraction of sp³-hybridized carbons (Fsp3) is 0.500. The summed E-state index contributed by atoms with van der Waals surface area (Å²) >= 11 is 0. The number of rotatable bonds is 4. The molecule has 1 aliphatic rings. The molecule has 2 rings (SSSR count). The molecular formula is C18H22BF4NO3. The molecule has 1 saturated heterocycles. The quantitative estimate of drug-likeness (QED) is 0.628. The summed E-state index contributed by atoms with van der Waals surface area (Å²) < 4.78 is 64.3. The molecule has 0 aliphatic carbocycles. The van der Waals surface area contributed by atoms with E-state index in [-0.39, 0.29) is 18.0 Å². The highest BCUT2D eigenvalue weighted by Gasteiger charge is 2.52. The Hall–Kier alpha value is -1.87. The number of hydrogen-bond donors (Lipinski definition) is 1. The van der Waals surface area contributed by atoms with E-state index < -0.39 is 35.9 Å². The second kappa shape index (κ2) is 7.28. The van der Waals surface area contributed by atoms with Gasteiger partial charge in [0.15, 0.2) is 0 Å². The average Bonchev–Trinajstić information content (AvgIpc) is 2.70. The highest BCUT2D eigenvalue weighted by molar-refractivity contribution is 6.56. The van der Waals surface area contributed by atoms with Crippen molar-refractivity contribution in [3.63, 3.8) is 0 Å². The molecule has 1 amide bonds. The Morgan fingerprint density at radius 2 is 1.70 bits per heavy atom. The van der Waals surface area contributed by atoms with Crippen LogP contribution in [0.25, 0.3) is 6.08 Å². The Morgan fingerprint density at radius 1 is 1.15 bits per heavy atom. The SMILES string of the molecule is CC(=O)NCC(=Cc1cc(F)cc(C(F)(F)F)c1)B1OC(C)(C)C(C)(C)O1. The fourth-order valence-electron chi connectivity index (χ4n) is 2.50. The van der Waals surface area contributed by atoms with E-state index in [1.165, 1.54) is 13.0 Å². The number of alkyl halides is 3. The van der Waals surface area contributed by atoms with Crippen LogP contribution in [-0.2, 0) is 20.3 Å². The molecule has 0 atom stereocenters. The topological polar surface area (TPSA) is 47.6 Å². The standard InChI is InChI=1S/C18H22BF4NO3/c1-11(25)24-10-14(19-26-16(2,3)17(4,5)27-19)7-12-6-13(18(21,22)23)9-15(20)8-12/h6-9H,10H2,1-5H3,(H,24,25). The van der Waals surface area contributed by atoms with Gasteiger partial charge in [-0.2, -0.15) is 13.2 Å². The zero-order valence-electron chi connectivity index (χ0n) is 15.8. The zero-order chi connectivity index (χ0) is 20.6. The first-order chi connectivity index (χ1) is 12.2. The average molecular weight is 387 g/mol. The zero-order valence-corrected chi connectivity index (χ0v) is 15.8. The van der Waals surface area contributed by atoms with Crippen LogP contribution in [0.1, 0.15) is 45.7 Å². The first-order valence-electron chi connectivity index (χ1n) is 8.39. The fourth-order valence-corrected chi connectivity index (χ4v) is 2.50. The Kier molecular flexibility index (Phi) is 5.78. The molecule has 1 aliphatic heterocycles. The van der Waals surface area contributed by atoms with Gasteiger partial charge in [-0.25, -0.2) is 4.39 Å². The van der Waals surface area contributed by atoms with Crippen molar-refractivity contribution in [2.75, 3.05) is 6.54 Å². The molecule has 9 heteroatoms. The van der Waals surface area contributed by atoms with Crippen LogP contribution < -0.4 is 5.32 Å².